The number of β-amino-alcohol motifs (C(OH)–C–C–N with tert-alkyl or cyclic N) is 1. The Morgan fingerprint density at radius 2 is 1.71 bits per heavy atom. The second-order valence-electron chi connectivity index (χ2n) is 17.2. The number of hydrogen-bond acceptors (Lipinski definition) is 12. The number of aliphatic hydroxyl groups is 1. The number of carbonyl (C=O) groups is 3. The number of aryl methyl sites for hydroxylation is 2. The van der Waals surface area contributed by atoms with Gasteiger partial charge in [0.2, 0.25) is 17.7 Å². The maximum atomic E-state index is 14.0. The number of aliphatic hydroxyl groups excluding tert-OH is 1. The number of likely N-dealkylation sites (tertiary alicyclic amines) is 1. The molecule has 5 aromatic rings. The number of aromatic nitrogens is 3. The van der Waals surface area contributed by atoms with Gasteiger partial charge in [-0.3, -0.25) is 14.4 Å². The first-order valence-electron chi connectivity index (χ1n) is 21.6. The number of anilines is 1. The van der Waals surface area contributed by atoms with Crippen molar-refractivity contribution in [2.75, 3.05) is 25.6 Å². The topological polar surface area (TPSA) is 168 Å². The van der Waals surface area contributed by atoms with Crippen LogP contribution in [0.5, 0.6) is 11.5 Å². The molecule has 3 amide bonds. The van der Waals surface area contributed by atoms with E-state index in [2.05, 4.69) is 49.3 Å². The molecule has 13 nitrogen and oxygen atoms in total. The van der Waals surface area contributed by atoms with Gasteiger partial charge in [0.05, 0.1) is 47.5 Å². The zero-order valence-electron chi connectivity index (χ0n) is 37.0. The molecule has 2 aromatic carbocycles. The van der Waals surface area contributed by atoms with Gasteiger partial charge in [-0.2, -0.15) is 0 Å². The third-order valence-electron chi connectivity index (χ3n) is 11.2. The molecule has 0 bridgehead atoms. The van der Waals surface area contributed by atoms with Crippen LogP contribution < -0.4 is 25.4 Å². The lowest BCUT2D eigenvalue weighted by Crippen LogP contribution is -2.57. The lowest BCUT2D eigenvalue weighted by molar-refractivity contribution is -0.144. The minimum absolute atomic E-state index is 0.0340. The van der Waals surface area contributed by atoms with E-state index < -0.39 is 23.6 Å². The summed E-state index contributed by atoms with van der Waals surface area (Å²) in [5, 5.41) is 23.0. The minimum atomic E-state index is -0.852. The van der Waals surface area contributed by atoms with Crippen LogP contribution in [0.2, 0.25) is 0 Å². The van der Waals surface area contributed by atoms with Crippen molar-refractivity contribution in [1.82, 2.24) is 30.5 Å². The van der Waals surface area contributed by atoms with Gasteiger partial charge in [0.25, 0.3) is 0 Å². The number of methoxy groups -OCH3 is 1. The van der Waals surface area contributed by atoms with Crippen LogP contribution in [0.4, 0.5) is 5.82 Å². The van der Waals surface area contributed by atoms with E-state index >= 15 is 0 Å². The van der Waals surface area contributed by atoms with E-state index in [4.69, 9.17) is 9.47 Å². The maximum absolute atomic E-state index is 14.0. The van der Waals surface area contributed by atoms with Gasteiger partial charge >= 0.3 is 0 Å². The van der Waals surface area contributed by atoms with Gasteiger partial charge in [0.1, 0.15) is 23.7 Å². The first-order chi connectivity index (χ1) is 29.7. The normalized spacial score (nSPS) is 16.2. The summed E-state index contributed by atoms with van der Waals surface area (Å²) < 4.78 is 11.9. The molecule has 1 saturated heterocycles. The number of nitrogens with zero attached hydrogens (tertiary/aromatic N) is 4. The molecule has 0 spiro atoms. The molecule has 0 radical (unpaired) electrons. The highest BCUT2D eigenvalue weighted by atomic mass is 32.1. The van der Waals surface area contributed by atoms with E-state index in [9.17, 15) is 19.5 Å². The zero-order valence-corrected chi connectivity index (χ0v) is 38.6. The second kappa shape index (κ2) is 21.3. The van der Waals surface area contributed by atoms with Crippen LogP contribution >= 0.6 is 22.7 Å². The fraction of sp³-hybridized carbons (Fsp3) is 0.489. The average Bonchev–Trinajstić information content (AvgIpc) is 4.02. The summed E-state index contributed by atoms with van der Waals surface area (Å²) in [5.74, 6) is 1.81. The van der Waals surface area contributed by atoms with Crippen LogP contribution in [0.15, 0.2) is 59.4 Å². The molecule has 1 fully saturated rings. The summed E-state index contributed by atoms with van der Waals surface area (Å²) in [6.07, 6.45) is 5.02. The van der Waals surface area contributed by atoms with E-state index in [0.29, 0.717) is 36.8 Å². The number of rotatable bonds is 20. The number of ether oxygens (including phenoxy) is 2. The van der Waals surface area contributed by atoms with Crippen molar-refractivity contribution in [3.8, 4) is 21.9 Å². The van der Waals surface area contributed by atoms with Gasteiger partial charge in [0.15, 0.2) is 11.5 Å². The van der Waals surface area contributed by atoms with Crippen molar-refractivity contribution in [3.63, 3.8) is 0 Å². The third-order valence-corrected chi connectivity index (χ3v) is 13.2. The monoisotopic (exact) mass is 883 g/mol. The molecule has 15 heteroatoms. The molecule has 4 atom stereocenters. The minimum Gasteiger partial charge on any atom is -0.493 e. The average molecular weight is 884 g/mol. The Balaban J connectivity index is 0.914. The molecule has 1 aliphatic rings. The molecule has 0 unspecified atom stereocenters. The van der Waals surface area contributed by atoms with Gasteiger partial charge in [-0.25, -0.2) is 15.0 Å². The molecular formula is C47H61N7O6S2. The number of thiophene rings is 1. The van der Waals surface area contributed by atoms with Crippen LogP contribution in [0.25, 0.3) is 21.3 Å². The highest BCUT2D eigenvalue weighted by Crippen LogP contribution is 2.36. The van der Waals surface area contributed by atoms with Gasteiger partial charge in [-0.1, -0.05) is 76.8 Å². The van der Waals surface area contributed by atoms with Crippen molar-refractivity contribution < 1.29 is 29.0 Å². The quantitative estimate of drug-likeness (QED) is 0.0557. The van der Waals surface area contributed by atoms with Crippen molar-refractivity contribution in [2.24, 2.45) is 5.41 Å². The fourth-order valence-corrected chi connectivity index (χ4v) is 9.29. The molecule has 332 valence electrons. The molecule has 4 N–H and O–H groups in total. The fourth-order valence-electron chi connectivity index (χ4n) is 7.74. The number of carbonyl (C=O) groups excluding carboxylic acids is 3. The van der Waals surface area contributed by atoms with Crippen LogP contribution in [0, 0.1) is 19.3 Å². The molecule has 6 rings (SSSR count). The SMILES string of the molecule is COc1cc2c(N[C@H](C)c3cccs3)nc(C)nc2cc1OCCCCCCCCC(=O)N[C@H](C(=O)N1C[C@H](O)C[C@H]1C(=O)NCc1ccc(-c2scnc2C)cc1)C(C)(C)C. The van der Waals surface area contributed by atoms with E-state index in [-0.39, 0.29) is 43.3 Å². The Morgan fingerprint density at radius 1 is 0.968 bits per heavy atom. The summed E-state index contributed by atoms with van der Waals surface area (Å²) in [6, 6.07) is 14.4. The summed E-state index contributed by atoms with van der Waals surface area (Å²) in [6.45, 7) is 12.5. The number of amides is 3. The van der Waals surface area contributed by atoms with E-state index in [1.807, 2.05) is 82.6 Å². The van der Waals surface area contributed by atoms with Gasteiger partial charge in [-0.05, 0) is 67.7 Å². The number of nitrogens with one attached hydrogen (secondary N) is 3. The van der Waals surface area contributed by atoms with Gasteiger partial charge < -0.3 is 35.4 Å². The van der Waals surface area contributed by atoms with Gasteiger partial charge in [0, 0.05) is 42.3 Å². The highest BCUT2D eigenvalue weighted by molar-refractivity contribution is 7.13. The Morgan fingerprint density at radius 3 is 2.39 bits per heavy atom. The lowest BCUT2D eigenvalue weighted by Gasteiger charge is -2.35. The van der Waals surface area contributed by atoms with Crippen molar-refractivity contribution >= 4 is 57.1 Å². The summed E-state index contributed by atoms with van der Waals surface area (Å²) >= 11 is 3.29. The second-order valence-corrected chi connectivity index (χ2v) is 19.0. The van der Waals surface area contributed by atoms with Crippen LogP contribution in [-0.2, 0) is 20.9 Å². The standard InChI is InChI=1S/C47H61N7O6S2/c1-29(40-15-14-22-61-40)50-44-35-24-38(59-7)39(25-36(35)51-31(3)52-44)60-21-13-11-9-8-10-12-16-41(56)53-43(47(4,5)6)46(58)54-27-34(55)23-37(54)45(57)48-26-32-17-19-33(20-18-32)42-30(2)49-28-62-42/h14-15,17-20,22,24-25,28-29,34,37,43,55H,8-13,16,21,23,26-27H2,1-7H3,(H,48,57)(H,53,56)(H,50,51,52)/t29-,34-,37+,43-/m1/s1. The lowest BCUT2D eigenvalue weighted by atomic mass is 9.85. The summed E-state index contributed by atoms with van der Waals surface area (Å²) in [4.78, 5) is 58.1. The Bertz CT molecular complexity index is 2270. The Labute approximate surface area is 373 Å². The third kappa shape index (κ3) is 12.1. The van der Waals surface area contributed by atoms with E-state index in [1.54, 1.807) is 29.8 Å². The highest BCUT2D eigenvalue weighted by Gasteiger charge is 2.44. The first kappa shape index (κ1) is 46.4. The summed E-state index contributed by atoms with van der Waals surface area (Å²) in [5.41, 5.74) is 4.96. The van der Waals surface area contributed by atoms with Crippen molar-refractivity contribution in [3.05, 3.63) is 81.4 Å². The van der Waals surface area contributed by atoms with Crippen LogP contribution in [0.1, 0.15) is 107 Å². The number of hydrogen-bond donors (Lipinski definition) is 4. The zero-order chi connectivity index (χ0) is 44.4. The van der Waals surface area contributed by atoms with Crippen LogP contribution in [0.3, 0.4) is 0 Å². The van der Waals surface area contributed by atoms with Gasteiger partial charge in [-0.15, -0.1) is 22.7 Å². The molecule has 62 heavy (non-hydrogen) atoms. The summed E-state index contributed by atoms with van der Waals surface area (Å²) in [7, 11) is 1.63. The van der Waals surface area contributed by atoms with Crippen LogP contribution in [-0.4, -0.2) is 81.1 Å². The number of unbranched alkanes of at least 4 members (excludes halogenated alkanes) is 5. The smallest absolute Gasteiger partial charge is 0.246 e. The Hall–Kier alpha value is -5.12. The van der Waals surface area contributed by atoms with E-state index in [0.717, 1.165) is 70.5 Å². The number of thiazole rings is 1. The van der Waals surface area contributed by atoms with E-state index in [1.165, 1.54) is 9.78 Å². The molecular weight excluding hydrogens is 823 g/mol. The largest absolute Gasteiger partial charge is 0.493 e. The Kier molecular flexibility index (Phi) is 15.9. The maximum Gasteiger partial charge on any atom is 0.246 e. The predicted molar refractivity (Wildman–Crippen MR) is 247 cm³/mol. The molecule has 1 aliphatic heterocycles. The predicted octanol–water partition coefficient (Wildman–Crippen LogP) is 8.53. The molecule has 0 aliphatic carbocycles. The molecule has 3 aromatic heterocycles. The molecule has 0 saturated carbocycles. The number of fused-ring (bicyclic) bond motifs is 1. The first-order valence-corrected chi connectivity index (χ1v) is 23.3. The van der Waals surface area contributed by atoms with Crippen molar-refractivity contribution in [2.45, 2.75) is 124 Å². The van der Waals surface area contributed by atoms with Crippen molar-refractivity contribution in [1.29, 1.82) is 0 Å². The number of benzene rings is 2. The molecule has 4 heterocycles.